The molecule has 92 valence electrons. The van der Waals surface area contributed by atoms with Crippen LogP contribution in [0.4, 0.5) is 0 Å². The van der Waals surface area contributed by atoms with Crippen molar-refractivity contribution in [3.8, 4) is 0 Å². The summed E-state index contributed by atoms with van der Waals surface area (Å²) in [7, 11) is 0. The Kier molecular flexibility index (Phi) is 2.25. The van der Waals surface area contributed by atoms with E-state index < -0.39 is 0 Å². The first-order valence-corrected chi connectivity index (χ1v) is 6.36. The maximum atomic E-state index is 5.83. The van der Waals surface area contributed by atoms with Crippen molar-refractivity contribution in [2.45, 2.75) is 19.1 Å². The highest BCUT2D eigenvalue weighted by atomic mass is 16.7. The Morgan fingerprint density at radius 1 is 1.28 bits per heavy atom. The van der Waals surface area contributed by atoms with Crippen molar-refractivity contribution < 1.29 is 4.84 Å². The van der Waals surface area contributed by atoms with Crippen molar-refractivity contribution in [2.75, 3.05) is 6.61 Å². The lowest BCUT2D eigenvalue weighted by Crippen LogP contribution is -2.22. The van der Waals surface area contributed by atoms with Gasteiger partial charge in [0.1, 0.15) is 11.9 Å². The third kappa shape index (κ3) is 1.50. The summed E-state index contributed by atoms with van der Waals surface area (Å²) in [4.78, 5) is 10.3. The van der Waals surface area contributed by atoms with Crippen molar-refractivity contribution in [3.63, 3.8) is 0 Å². The quantitative estimate of drug-likeness (QED) is 0.805. The van der Waals surface area contributed by atoms with Gasteiger partial charge in [-0.2, -0.15) is 5.06 Å². The van der Waals surface area contributed by atoms with Crippen molar-refractivity contribution in [1.82, 2.24) is 14.6 Å². The fourth-order valence-corrected chi connectivity index (χ4v) is 2.99. The van der Waals surface area contributed by atoms with Crippen molar-refractivity contribution in [3.05, 3.63) is 54.1 Å². The van der Waals surface area contributed by atoms with Crippen molar-refractivity contribution in [2.24, 2.45) is 5.92 Å². The van der Waals surface area contributed by atoms with E-state index in [4.69, 9.17) is 4.84 Å². The molecule has 1 aromatic heterocycles. The molecule has 2 aromatic rings. The van der Waals surface area contributed by atoms with E-state index in [1.807, 2.05) is 12.3 Å². The first-order chi connectivity index (χ1) is 8.92. The molecule has 3 heterocycles. The summed E-state index contributed by atoms with van der Waals surface area (Å²) in [6.45, 7) is 2.67. The maximum Gasteiger partial charge on any atom is 0.128 e. The molecular formula is C14H15N3O. The van der Waals surface area contributed by atoms with Crippen LogP contribution >= 0.6 is 0 Å². The Balaban J connectivity index is 1.60. The molecular weight excluding hydrogens is 226 g/mol. The first kappa shape index (κ1) is 10.3. The van der Waals surface area contributed by atoms with Crippen LogP contribution < -0.4 is 0 Å². The van der Waals surface area contributed by atoms with E-state index in [-0.39, 0.29) is 0 Å². The summed E-state index contributed by atoms with van der Waals surface area (Å²) in [5.41, 5.74) is 1.28. The van der Waals surface area contributed by atoms with Crippen LogP contribution in [0.25, 0.3) is 0 Å². The van der Waals surface area contributed by atoms with Gasteiger partial charge in [0.15, 0.2) is 0 Å². The largest absolute Gasteiger partial charge is 0.333 e. The number of hydrogen-bond donors (Lipinski definition) is 0. The molecule has 0 amide bonds. The lowest BCUT2D eigenvalue weighted by molar-refractivity contribution is -0.142. The van der Waals surface area contributed by atoms with Crippen molar-refractivity contribution >= 4 is 0 Å². The Hall–Kier alpha value is -1.65. The molecule has 0 aliphatic carbocycles. The first-order valence-electron chi connectivity index (χ1n) is 6.36. The van der Waals surface area contributed by atoms with Crippen LogP contribution in [0.2, 0.25) is 0 Å². The second-order valence-electron chi connectivity index (χ2n) is 5.00. The Labute approximate surface area is 106 Å². The normalized spacial score (nSPS) is 26.2. The van der Waals surface area contributed by atoms with E-state index in [2.05, 4.69) is 45.1 Å². The van der Waals surface area contributed by atoms with Crippen molar-refractivity contribution in [1.29, 1.82) is 0 Å². The molecule has 1 fully saturated rings. The molecule has 0 spiro atoms. The smallest absolute Gasteiger partial charge is 0.128 e. The highest BCUT2D eigenvalue weighted by molar-refractivity contribution is 5.16. The molecule has 4 nitrogen and oxygen atoms in total. The monoisotopic (exact) mass is 241 g/mol. The van der Waals surface area contributed by atoms with E-state index in [0.717, 1.165) is 25.5 Å². The molecule has 0 saturated carbocycles. The highest BCUT2D eigenvalue weighted by Gasteiger charge is 2.43. The SMILES string of the molecule is c1ccc(CN2OC[C@@H]3Cn4ccnc4[C@@H]32)cc1. The van der Waals surface area contributed by atoms with Crippen LogP contribution in [-0.2, 0) is 17.9 Å². The fraction of sp³-hybridized carbons (Fsp3) is 0.357. The van der Waals surface area contributed by atoms with Gasteiger partial charge in [0.25, 0.3) is 0 Å². The number of benzene rings is 1. The molecule has 0 unspecified atom stereocenters. The molecule has 2 aliphatic heterocycles. The lowest BCUT2D eigenvalue weighted by atomic mass is 10.0. The third-order valence-electron chi connectivity index (χ3n) is 3.84. The number of hydroxylamine groups is 2. The zero-order chi connectivity index (χ0) is 11.9. The van der Waals surface area contributed by atoms with E-state index >= 15 is 0 Å². The van der Waals surface area contributed by atoms with Gasteiger partial charge in [-0.15, -0.1) is 0 Å². The van der Waals surface area contributed by atoms with Gasteiger partial charge >= 0.3 is 0 Å². The number of aromatic nitrogens is 2. The van der Waals surface area contributed by atoms with Gasteiger partial charge in [-0.25, -0.2) is 4.98 Å². The molecule has 18 heavy (non-hydrogen) atoms. The zero-order valence-corrected chi connectivity index (χ0v) is 10.1. The van der Waals surface area contributed by atoms with Gasteiger partial charge in [0, 0.05) is 31.4 Å². The van der Waals surface area contributed by atoms with Gasteiger partial charge in [-0.1, -0.05) is 30.3 Å². The molecule has 4 heteroatoms. The maximum absolute atomic E-state index is 5.83. The van der Waals surface area contributed by atoms with E-state index in [0.29, 0.717) is 12.0 Å². The fourth-order valence-electron chi connectivity index (χ4n) is 2.99. The molecule has 1 aromatic carbocycles. The van der Waals surface area contributed by atoms with Crippen LogP contribution in [0.3, 0.4) is 0 Å². The summed E-state index contributed by atoms with van der Waals surface area (Å²) < 4.78 is 2.25. The van der Waals surface area contributed by atoms with Crippen LogP contribution in [-0.4, -0.2) is 21.2 Å². The predicted octanol–water partition coefficient (Wildman–Crippen LogP) is 2.00. The Morgan fingerprint density at radius 2 is 2.17 bits per heavy atom. The molecule has 2 aliphatic rings. The Bertz CT molecular complexity index is 551. The highest BCUT2D eigenvalue weighted by Crippen LogP contribution is 2.41. The van der Waals surface area contributed by atoms with Crippen LogP contribution in [0.5, 0.6) is 0 Å². The zero-order valence-electron chi connectivity index (χ0n) is 10.1. The summed E-state index contributed by atoms with van der Waals surface area (Å²) in [5, 5.41) is 2.09. The lowest BCUT2D eigenvalue weighted by Gasteiger charge is -2.20. The number of hydrogen-bond acceptors (Lipinski definition) is 3. The third-order valence-corrected chi connectivity index (χ3v) is 3.84. The van der Waals surface area contributed by atoms with Gasteiger partial charge in [-0.3, -0.25) is 4.84 Å². The molecule has 2 atom stereocenters. The van der Waals surface area contributed by atoms with E-state index in [1.54, 1.807) is 0 Å². The van der Waals surface area contributed by atoms with Gasteiger partial charge in [-0.05, 0) is 5.56 Å². The minimum Gasteiger partial charge on any atom is -0.333 e. The van der Waals surface area contributed by atoms with E-state index in [1.165, 1.54) is 5.56 Å². The minimum atomic E-state index is 0.320. The second kappa shape index (κ2) is 3.93. The molecule has 0 bridgehead atoms. The standard InChI is InChI=1S/C14H15N3O/c1-2-4-11(5-3-1)8-17-13-12(10-18-17)9-16-7-6-15-14(13)16/h1-7,12-13H,8-10H2/t12-,13+/m0/s1. The van der Waals surface area contributed by atoms with E-state index in [9.17, 15) is 0 Å². The molecule has 4 rings (SSSR count). The Morgan fingerprint density at radius 3 is 3.06 bits per heavy atom. The minimum absolute atomic E-state index is 0.320. The number of rotatable bonds is 2. The average Bonchev–Trinajstić information content (AvgIpc) is 3.03. The summed E-state index contributed by atoms with van der Waals surface area (Å²) in [6, 6.07) is 10.8. The summed E-state index contributed by atoms with van der Waals surface area (Å²) in [6.07, 6.45) is 3.94. The number of imidazole rings is 1. The topological polar surface area (TPSA) is 30.3 Å². The van der Waals surface area contributed by atoms with Crippen LogP contribution in [0.1, 0.15) is 17.4 Å². The number of fused-ring (bicyclic) bond motifs is 3. The summed E-state index contributed by atoms with van der Waals surface area (Å²) >= 11 is 0. The summed E-state index contributed by atoms with van der Waals surface area (Å²) in [5.74, 6) is 1.70. The van der Waals surface area contributed by atoms with Crippen LogP contribution in [0.15, 0.2) is 42.7 Å². The van der Waals surface area contributed by atoms with Gasteiger partial charge in [0.05, 0.1) is 6.61 Å². The molecule has 1 saturated heterocycles. The number of nitrogens with zero attached hydrogens (tertiary/aromatic N) is 3. The second-order valence-corrected chi connectivity index (χ2v) is 5.00. The van der Waals surface area contributed by atoms with Gasteiger partial charge < -0.3 is 4.57 Å². The predicted molar refractivity (Wildman–Crippen MR) is 66.4 cm³/mol. The van der Waals surface area contributed by atoms with Crippen LogP contribution in [0, 0.1) is 5.92 Å². The average molecular weight is 241 g/mol. The van der Waals surface area contributed by atoms with Gasteiger partial charge in [0.2, 0.25) is 0 Å². The molecule has 0 N–H and O–H groups in total. The molecule has 0 radical (unpaired) electrons.